The van der Waals surface area contributed by atoms with Gasteiger partial charge in [-0.25, -0.2) is 4.98 Å². The van der Waals surface area contributed by atoms with E-state index in [-0.39, 0.29) is 24.8 Å². The van der Waals surface area contributed by atoms with Crippen molar-refractivity contribution >= 4 is 34.3 Å². The molecule has 0 aliphatic carbocycles. The van der Waals surface area contributed by atoms with Gasteiger partial charge in [0.15, 0.2) is 5.13 Å². The van der Waals surface area contributed by atoms with Crippen LogP contribution in [0.3, 0.4) is 0 Å². The first-order valence-corrected chi connectivity index (χ1v) is 6.12. The lowest BCUT2D eigenvalue weighted by molar-refractivity contribution is -0.136. The molecule has 7 nitrogen and oxygen atoms in total. The number of aliphatic carboxylic acids is 1. The van der Waals surface area contributed by atoms with Gasteiger partial charge in [-0.1, -0.05) is 0 Å². The van der Waals surface area contributed by atoms with E-state index in [4.69, 9.17) is 5.11 Å². The number of nitrogens with zero attached hydrogens (tertiary/aromatic N) is 2. The fourth-order valence-corrected chi connectivity index (χ4v) is 2.52. The van der Waals surface area contributed by atoms with Crippen molar-refractivity contribution < 1.29 is 19.5 Å². The number of hydrogen-bond acceptors (Lipinski definition) is 6. The van der Waals surface area contributed by atoms with E-state index in [1.807, 2.05) is 0 Å². The number of aromatic nitrogens is 1. The summed E-state index contributed by atoms with van der Waals surface area (Å²) in [5.41, 5.74) is 0.424. The highest BCUT2D eigenvalue weighted by Gasteiger charge is 2.31. The fourth-order valence-electron chi connectivity index (χ4n) is 1.61. The Hall–Kier alpha value is -1.96. The van der Waals surface area contributed by atoms with Gasteiger partial charge in [-0.15, -0.1) is 11.3 Å². The Balaban J connectivity index is 2.19. The summed E-state index contributed by atoms with van der Waals surface area (Å²) < 4.78 is 0. The zero-order chi connectivity index (χ0) is 13.3. The molecule has 2 amide bonds. The molecular formula is C10H11N3O4S. The lowest BCUT2D eigenvalue weighted by Gasteiger charge is -2.31. The number of hydrogen-bond donors (Lipinski definition) is 2. The zero-order valence-electron chi connectivity index (χ0n) is 9.54. The van der Waals surface area contributed by atoms with Gasteiger partial charge < -0.3 is 10.0 Å². The van der Waals surface area contributed by atoms with Gasteiger partial charge in [0.25, 0.3) is 0 Å². The monoisotopic (exact) mass is 269 g/mol. The second kappa shape index (κ2) is 4.73. The number of carbonyl (C=O) groups is 3. The van der Waals surface area contributed by atoms with Crippen LogP contribution in [0.1, 0.15) is 12.6 Å². The van der Waals surface area contributed by atoms with Gasteiger partial charge in [0.05, 0.1) is 12.1 Å². The summed E-state index contributed by atoms with van der Waals surface area (Å²) in [5, 5.41) is 13.0. The largest absolute Gasteiger partial charge is 0.481 e. The number of anilines is 1. The van der Waals surface area contributed by atoms with Crippen LogP contribution in [0, 0.1) is 0 Å². The van der Waals surface area contributed by atoms with E-state index in [2.05, 4.69) is 10.3 Å². The Bertz CT molecular complexity index is 513. The van der Waals surface area contributed by atoms with E-state index in [9.17, 15) is 14.4 Å². The maximum Gasteiger partial charge on any atom is 0.309 e. The van der Waals surface area contributed by atoms with E-state index in [0.717, 1.165) is 0 Å². The molecule has 2 heterocycles. The Morgan fingerprint density at radius 1 is 1.67 bits per heavy atom. The molecule has 2 rings (SSSR count). The Morgan fingerprint density at radius 2 is 2.39 bits per heavy atom. The molecule has 1 aromatic rings. The number of rotatable bonds is 3. The second-order valence-corrected chi connectivity index (χ2v) is 4.74. The number of imide groups is 1. The molecule has 1 unspecified atom stereocenters. The van der Waals surface area contributed by atoms with Gasteiger partial charge in [0, 0.05) is 5.38 Å². The van der Waals surface area contributed by atoms with Crippen molar-refractivity contribution in [3.63, 3.8) is 0 Å². The number of piperazine rings is 1. The first kappa shape index (κ1) is 12.5. The van der Waals surface area contributed by atoms with E-state index in [1.54, 1.807) is 17.2 Å². The van der Waals surface area contributed by atoms with Crippen LogP contribution in [-0.2, 0) is 20.8 Å². The minimum absolute atomic E-state index is 0.0485. The molecule has 1 saturated heterocycles. The molecular weight excluding hydrogens is 258 g/mol. The van der Waals surface area contributed by atoms with Crippen molar-refractivity contribution in [1.29, 1.82) is 0 Å². The average molecular weight is 269 g/mol. The summed E-state index contributed by atoms with van der Waals surface area (Å²) in [7, 11) is 0. The summed E-state index contributed by atoms with van der Waals surface area (Å²) in [5.74, 6) is -1.72. The number of amides is 2. The molecule has 0 bridgehead atoms. The molecule has 96 valence electrons. The third-order valence-electron chi connectivity index (χ3n) is 2.54. The predicted octanol–water partition coefficient (Wildman–Crippen LogP) is -0.379. The van der Waals surface area contributed by atoms with Gasteiger partial charge in [0.1, 0.15) is 12.6 Å². The van der Waals surface area contributed by atoms with Crippen LogP contribution >= 0.6 is 11.3 Å². The SMILES string of the molecule is CC1C(=O)NC(=O)CN1c1nc(CC(=O)O)cs1. The molecule has 0 spiro atoms. The summed E-state index contributed by atoms with van der Waals surface area (Å²) >= 11 is 1.23. The summed E-state index contributed by atoms with van der Waals surface area (Å²) in [6.45, 7) is 1.72. The summed E-state index contributed by atoms with van der Waals surface area (Å²) in [6.07, 6.45) is -0.168. The Kier molecular flexibility index (Phi) is 3.28. The molecule has 1 atom stereocenters. The number of thiazole rings is 1. The molecule has 8 heteroatoms. The van der Waals surface area contributed by atoms with Crippen LogP contribution in [0.2, 0.25) is 0 Å². The predicted molar refractivity (Wildman–Crippen MR) is 63.4 cm³/mol. The highest BCUT2D eigenvalue weighted by atomic mass is 32.1. The number of carbonyl (C=O) groups excluding carboxylic acids is 2. The van der Waals surface area contributed by atoms with Gasteiger partial charge >= 0.3 is 5.97 Å². The van der Waals surface area contributed by atoms with Crippen LogP contribution < -0.4 is 10.2 Å². The topological polar surface area (TPSA) is 99.6 Å². The smallest absolute Gasteiger partial charge is 0.309 e. The third kappa shape index (κ3) is 2.48. The van der Waals surface area contributed by atoms with Crippen molar-refractivity contribution in [3.8, 4) is 0 Å². The van der Waals surface area contributed by atoms with Gasteiger partial charge in [-0.05, 0) is 6.92 Å². The van der Waals surface area contributed by atoms with Crippen LogP contribution in [0.15, 0.2) is 5.38 Å². The molecule has 2 N–H and O–H groups in total. The zero-order valence-corrected chi connectivity index (χ0v) is 10.4. The molecule has 18 heavy (non-hydrogen) atoms. The van der Waals surface area contributed by atoms with E-state index < -0.39 is 12.0 Å². The molecule has 0 saturated carbocycles. The molecule has 0 aromatic carbocycles. The third-order valence-corrected chi connectivity index (χ3v) is 3.47. The summed E-state index contributed by atoms with van der Waals surface area (Å²) in [6, 6.07) is -0.494. The highest BCUT2D eigenvalue weighted by Crippen LogP contribution is 2.24. The maximum absolute atomic E-state index is 11.5. The molecule has 1 aliphatic rings. The van der Waals surface area contributed by atoms with Crippen molar-refractivity contribution in [3.05, 3.63) is 11.1 Å². The second-order valence-electron chi connectivity index (χ2n) is 3.91. The van der Waals surface area contributed by atoms with Gasteiger partial charge in [-0.2, -0.15) is 0 Å². The Labute approximate surface area is 106 Å². The summed E-state index contributed by atoms with van der Waals surface area (Å²) in [4.78, 5) is 39.0. The van der Waals surface area contributed by atoms with E-state index in [1.165, 1.54) is 11.3 Å². The van der Waals surface area contributed by atoms with Crippen LogP contribution in [0.5, 0.6) is 0 Å². The van der Waals surface area contributed by atoms with Crippen molar-refractivity contribution in [2.45, 2.75) is 19.4 Å². The normalized spacial score (nSPS) is 19.8. The number of carboxylic acids is 1. The highest BCUT2D eigenvalue weighted by molar-refractivity contribution is 7.13. The van der Waals surface area contributed by atoms with Crippen molar-refractivity contribution in [1.82, 2.24) is 10.3 Å². The molecule has 0 radical (unpaired) electrons. The maximum atomic E-state index is 11.5. The van der Waals surface area contributed by atoms with E-state index in [0.29, 0.717) is 10.8 Å². The van der Waals surface area contributed by atoms with Crippen LogP contribution in [0.4, 0.5) is 5.13 Å². The Morgan fingerprint density at radius 3 is 3.06 bits per heavy atom. The van der Waals surface area contributed by atoms with Crippen LogP contribution in [-0.4, -0.2) is 40.5 Å². The van der Waals surface area contributed by atoms with Crippen LogP contribution in [0.25, 0.3) is 0 Å². The minimum Gasteiger partial charge on any atom is -0.481 e. The average Bonchev–Trinajstić information content (AvgIpc) is 2.70. The standard InChI is InChI=1S/C10H11N3O4S/c1-5-9(17)12-7(14)3-13(5)10-11-6(4-18-10)2-8(15)16/h4-5H,2-3H2,1H3,(H,15,16)(H,12,14,17). The first-order valence-electron chi connectivity index (χ1n) is 5.24. The minimum atomic E-state index is -0.965. The number of nitrogens with one attached hydrogen (secondary N) is 1. The fraction of sp³-hybridized carbons (Fsp3) is 0.400. The molecule has 1 aromatic heterocycles. The van der Waals surface area contributed by atoms with Crippen molar-refractivity contribution in [2.24, 2.45) is 0 Å². The lowest BCUT2D eigenvalue weighted by atomic mass is 10.2. The molecule has 1 aliphatic heterocycles. The van der Waals surface area contributed by atoms with E-state index >= 15 is 0 Å². The van der Waals surface area contributed by atoms with Gasteiger partial charge in [-0.3, -0.25) is 19.7 Å². The quantitative estimate of drug-likeness (QED) is 0.726. The molecule has 1 fully saturated rings. The first-order chi connectivity index (χ1) is 8.47. The number of carboxylic acid groups (broad SMARTS) is 1. The van der Waals surface area contributed by atoms with Gasteiger partial charge in [0.2, 0.25) is 11.8 Å². The lowest BCUT2D eigenvalue weighted by Crippen LogP contribution is -2.57. The van der Waals surface area contributed by atoms with Crippen molar-refractivity contribution in [2.75, 3.05) is 11.4 Å².